The van der Waals surface area contributed by atoms with Crippen LogP contribution in [0.4, 0.5) is 34.6 Å². The number of aryl methyl sites for hydroxylation is 1. The van der Waals surface area contributed by atoms with Crippen molar-refractivity contribution < 1.29 is 65.6 Å². The van der Waals surface area contributed by atoms with E-state index in [4.69, 9.17) is 19.2 Å². The Bertz CT molecular complexity index is 4030. The standard InChI is InChI=1S/C55H78FN9O8.C21H21F3IN3O2/c1-13-64-44-19-18-37-30-40(44)41(48(64)39-16-14-24-57-46(39)36(4)71-12)32-53(5,6)34-73-51(69)42-17-15-25-65(59-42)50(68)43(31-38-33-63(37)28-29-72-38)58-49(67)47(35(2)3)61(11)52(70)55(56)22-26-62(27-23-55)45(66)20-21-54(7,8)60(9)10;22-14-6-5-13(19(18(14)24)27-16-7-4-12(25)9-15(16)23)20(29)28-10-21(30,11-28)17-3-1-2-8-26-17/h14,16,18-19,24,30,35-36,38,42-43,47,59H,13,15,17,22-23,25-29,31-34H2,1-12H3,(H,58,67);4-7,9,17,26-27,30H,1-3,8,10-11H2/t;17-/m.0/s1. The van der Waals surface area contributed by atoms with Gasteiger partial charge in [-0.1, -0.05) is 40.0 Å². The number of aliphatic hydroxyl groups is 1. The molecule has 5 aromatic rings. The summed E-state index contributed by atoms with van der Waals surface area (Å²) in [5, 5.41) is 22.0. The molecule has 22 nitrogen and oxygen atoms in total. The number of carbonyl (C=O) groups excluding carboxylic acids is 6. The maximum atomic E-state index is 16.8. The van der Waals surface area contributed by atoms with Crippen molar-refractivity contribution in [2.45, 2.75) is 173 Å². The Morgan fingerprint density at radius 2 is 1.67 bits per heavy atom. The van der Waals surface area contributed by atoms with Gasteiger partial charge >= 0.3 is 5.97 Å². The molecule has 6 bridgehead atoms. The molecule has 27 heteroatoms. The highest BCUT2D eigenvalue weighted by Gasteiger charge is 2.51. The van der Waals surface area contributed by atoms with E-state index in [2.05, 4.69) is 87.7 Å². The highest BCUT2D eigenvalue weighted by Crippen LogP contribution is 2.43. The Labute approximate surface area is 614 Å². The first-order valence-electron chi connectivity index (χ1n) is 35.7. The Morgan fingerprint density at radius 3 is 2.34 bits per heavy atom. The van der Waals surface area contributed by atoms with E-state index in [1.165, 1.54) is 40.1 Å². The molecule has 0 saturated carbocycles. The zero-order valence-electron chi connectivity index (χ0n) is 61.1. The van der Waals surface area contributed by atoms with Crippen molar-refractivity contribution in [1.29, 1.82) is 0 Å². The van der Waals surface area contributed by atoms with Crippen LogP contribution in [0.15, 0.2) is 66.9 Å². The minimum absolute atomic E-state index is 0.0172. The van der Waals surface area contributed by atoms with Crippen molar-refractivity contribution in [3.8, 4) is 23.1 Å². The number of piperidine rings is 2. The summed E-state index contributed by atoms with van der Waals surface area (Å²) in [6.07, 6.45) is 4.92. The second kappa shape index (κ2) is 32.5. The summed E-state index contributed by atoms with van der Waals surface area (Å²) in [7, 11) is 6.82. The van der Waals surface area contributed by atoms with Crippen molar-refractivity contribution in [1.82, 2.24) is 50.2 Å². The van der Waals surface area contributed by atoms with Crippen LogP contribution in [-0.4, -0.2) is 216 Å². The number of likely N-dealkylation sites (tertiary alicyclic amines) is 2. The van der Waals surface area contributed by atoms with E-state index >= 15 is 4.39 Å². The maximum absolute atomic E-state index is 16.8. The zero-order valence-corrected chi connectivity index (χ0v) is 63.3. The number of alkyl halides is 1. The van der Waals surface area contributed by atoms with E-state index in [-0.39, 0.29) is 82.0 Å². The lowest BCUT2D eigenvalue weighted by Gasteiger charge is -2.51. The molecule has 558 valence electrons. The van der Waals surface area contributed by atoms with Crippen LogP contribution in [0.3, 0.4) is 0 Å². The van der Waals surface area contributed by atoms with Gasteiger partial charge in [0.25, 0.3) is 23.6 Å². The van der Waals surface area contributed by atoms with E-state index in [1.807, 2.05) is 68.4 Å². The number of methoxy groups -OCH3 is 1. The monoisotopic (exact) mass is 1540 g/mol. The number of morpholine rings is 1. The number of hydrogen-bond donors (Lipinski definition) is 5. The predicted octanol–water partition coefficient (Wildman–Crippen LogP) is 9.07. The van der Waals surface area contributed by atoms with Crippen LogP contribution < -0.4 is 26.3 Å². The second-order valence-corrected chi connectivity index (χ2v) is 31.2. The third kappa shape index (κ3) is 17.4. The van der Waals surface area contributed by atoms with E-state index in [9.17, 15) is 47.0 Å². The van der Waals surface area contributed by atoms with Crippen LogP contribution in [0.2, 0.25) is 0 Å². The van der Waals surface area contributed by atoms with Gasteiger partial charge in [-0.3, -0.25) is 43.7 Å². The van der Waals surface area contributed by atoms with Gasteiger partial charge in [0.2, 0.25) is 5.91 Å². The smallest absolute Gasteiger partial charge is 0.324 e. The van der Waals surface area contributed by atoms with Crippen molar-refractivity contribution in [3.63, 3.8) is 0 Å². The summed E-state index contributed by atoms with van der Waals surface area (Å²) in [5.41, 5.74) is 4.01. The lowest BCUT2D eigenvalue weighted by molar-refractivity contribution is -0.156. The number of benzene rings is 3. The first kappa shape index (κ1) is 78.1. The average molecular weight is 1540 g/mol. The summed E-state index contributed by atoms with van der Waals surface area (Å²) >= 11 is 1.93. The number of rotatable bonds is 14. The number of ether oxygens (including phenoxy) is 3. The maximum Gasteiger partial charge on any atom is 0.324 e. The zero-order chi connectivity index (χ0) is 74.6. The van der Waals surface area contributed by atoms with Gasteiger partial charge in [-0.05, 0) is 181 Å². The Morgan fingerprint density at radius 1 is 0.932 bits per heavy atom. The van der Waals surface area contributed by atoms with E-state index in [1.54, 1.807) is 33.2 Å². The molecular formula is C76H99F4IN12O10. The number of fused-ring (bicyclic) bond motifs is 6. The van der Waals surface area contributed by atoms with E-state index < -0.39 is 111 Å². The number of pyridine rings is 1. The molecule has 103 heavy (non-hydrogen) atoms. The average Bonchev–Trinajstić information content (AvgIpc) is 1.74. The number of nitrogens with one attached hydrogen (secondary N) is 4. The fourth-order valence-electron chi connectivity index (χ4n) is 14.6. The fourth-order valence-corrected chi connectivity index (χ4v) is 15.0. The van der Waals surface area contributed by atoms with Crippen LogP contribution in [0, 0.1) is 44.2 Å². The molecule has 3 aromatic carbocycles. The molecule has 6 atom stereocenters. The van der Waals surface area contributed by atoms with Crippen molar-refractivity contribution in [3.05, 3.63) is 105 Å². The highest BCUT2D eigenvalue weighted by atomic mass is 127. The molecule has 5 N–H and O–H groups in total. The summed E-state index contributed by atoms with van der Waals surface area (Å²) in [4.78, 5) is 96.6. The lowest BCUT2D eigenvalue weighted by Crippen LogP contribution is -2.72. The minimum Gasteiger partial charge on any atom is -0.464 e. The lowest BCUT2D eigenvalue weighted by atomic mass is 9.81. The second-order valence-electron chi connectivity index (χ2n) is 30.0. The summed E-state index contributed by atoms with van der Waals surface area (Å²) in [5.74, 6) is -1.33. The van der Waals surface area contributed by atoms with Gasteiger partial charge in [0, 0.05) is 116 Å². The molecule has 11 rings (SSSR count). The molecular weight excluding hydrogens is 1440 g/mol. The molecule has 8 heterocycles. The largest absolute Gasteiger partial charge is 0.464 e. The van der Waals surface area contributed by atoms with Crippen LogP contribution in [0.1, 0.15) is 134 Å². The normalized spacial score (nSPS) is 21.9. The van der Waals surface area contributed by atoms with Gasteiger partial charge in [-0.2, -0.15) is 0 Å². The van der Waals surface area contributed by atoms with Crippen LogP contribution in [0.5, 0.6) is 0 Å². The number of hydrogen-bond acceptors (Lipinski definition) is 16. The molecule has 5 unspecified atom stereocenters. The van der Waals surface area contributed by atoms with Gasteiger partial charge in [0.15, 0.2) is 17.3 Å². The number of halogens is 5. The number of likely N-dealkylation sites (N-methyl/N-ethyl adjacent to an activating group) is 1. The number of hydrazine groups is 1. The molecule has 5 fully saturated rings. The molecule has 0 spiro atoms. The van der Waals surface area contributed by atoms with Gasteiger partial charge < -0.3 is 59.4 Å². The van der Waals surface area contributed by atoms with Gasteiger partial charge in [0.1, 0.15) is 29.5 Å². The van der Waals surface area contributed by atoms with Gasteiger partial charge in [-0.15, -0.1) is 0 Å². The number of amides is 5. The Balaban J connectivity index is 0.000000314. The topological polar surface area (TPSA) is 236 Å². The number of nitrogens with zero attached hydrogens (tertiary/aromatic N) is 8. The fraction of sp³-hybridized carbons (Fsp3) is 0.566. The number of carbonyl (C=O) groups is 6. The van der Waals surface area contributed by atoms with Gasteiger partial charge in [0.05, 0.1) is 72.4 Å². The van der Waals surface area contributed by atoms with Crippen molar-refractivity contribution in [2.75, 3.05) is 104 Å². The quantitative estimate of drug-likeness (QED) is 0.0302. The molecule has 0 aliphatic carbocycles. The summed E-state index contributed by atoms with van der Waals surface area (Å²) in [6.45, 7) is 19.0. The molecule has 6 aliphatic heterocycles. The number of aromatic nitrogens is 2. The van der Waals surface area contributed by atoms with Crippen LogP contribution in [-0.2, 0) is 51.1 Å². The third-order valence-electron chi connectivity index (χ3n) is 21.1. The first-order chi connectivity index (χ1) is 48.8. The van der Waals surface area contributed by atoms with Crippen LogP contribution in [0.25, 0.3) is 22.2 Å². The van der Waals surface area contributed by atoms with Crippen molar-refractivity contribution in [2.24, 2.45) is 11.3 Å². The number of anilines is 3. The summed E-state index contributed by atoms with van der Waals surface area (Å²) < 4.78 is 80.7. The third-order valence-corrected chi connectivity index (χ3v) is 21.7. The Kier molecular flexibility index (Phi) is 24.7. The highest BCUT2D eigenvalue weighted by molar-refractivity contribution is 14.1. The molecule has 2 aromatic heterocycles. The number of esters is 1. The number of β-amino-alcohol motifs (C(OH)–C–C–N with tert-alkyl or cyclic N) is 1. The van der Waals surface area contributed by atoms with Gasteiger partial charge in [-0.25, -0.2) is 23.0 Å². The van der Waals surface area contributed by atoms with Crippen molar-refractivity contribution >= 4 is 86.1 Å². The van der Waals surface area contributed by atoms with E-state index in [0.717, 1.165) is 75.9 Å². The molecule has 6 aliphatic rings. The SMILES string of the molecule is CCn1c(-c2cccnc2C(C)OC)c2c3cc(ccc31)N1CCOC(CC(NC(=O)C(C(C)C)N(C)C(=O)C3(F)CCN(C(=O)C#CC(C)(C)N(C)C)CC3)C(=O)N3CCCC(N3)C(=O)OCC(C)(C)C2)C1.O=C(c1ccc(F)c(F)c1Nc1ccc(I)cc1F)N1CC(O)([C@@H]2CCCCN2)C1. The Hall–Kier alpha value is -7.46. The van der Waals surface area contributed by atoms with E-state index in [0.29, 0.717) is 49.1 Å². The van der Waals surface area contributed by atoms with Crippen LogP contribution >= 0.6 is 22.6 Å². The molecule has 5 amide bonds. The number of cyclic esters (lactones) is 1. The minimum atomic E-state index is -2.34. The molecule has 5 saturated heterocycles. The predicted molar refractivity (Wildman–Crippen MR) is 393 cm³/mol. The first-order valence-corrected chi connectivity index (χ1v) is 36.8. The summed E-state index contributed by atoms with van der Waals surface area (Å²) in [6, 6.07) is 13.6. The molecule has 0 radical (unpaired) electrons.